The maximum Gasteiger partial charge on any atom is 0.419 e. The summed E-state index contributed by atoms with van der Waals surface area (Å²) < 4.78 is 12.1. The molecule has 1 aromatic heterocycles. The molecule has 0 spiro atoms. The van der Waals surface area contributed by atoms with Gasteiger partial charge in [0.1, 0.15) is 31.1 Å². The zero-order valence-corrected chi connectivity index (χ0v) is 31.9. The molecule has 5 N–H and O–H groups in total. The highest BCUT2D eigenvalue weighted by Crippen LogP contribution is 2.39. The number of primary amides is 1. The number of aliphatic hydroxyl groups is 1. The molecule has 5 rings (SSSR count). The number of carbonyl (C=O) groups excluding carboxylic acids is 4. The number of hydrogen-bond donors (Lipinski definition) is 4. The number of rotatable bonds is 15. The molecule has 1 aliphatic rings. The van der Waals surface area contributed by atoms with Crippen molar-refractivity contribution in [3.8, 4) is 0 Å². The molecule has 1 fully saturated rings. The third-order valence-corrected chi connectivity index (χ3v) is 9.75. The molecule has 0 unspecified atom stereocenters. The molecule has 1 aliphatic heterocycles. The number of nitrogens with zero attached hydrogens (tertiary/aromatic N) is 5. The number of alkyl carbamates (subject to hydrolysis) is 1. The lowest BCUT2D eigenvalue weighted by Crippen LogP contribution is -2.63. The highest BCUT2D eigenvalue weighted by atomic mass is 16.6. The fourth-order valence-electron chi connectivity index (χ4n) is 7.10. The van der Waals surface area contributed by atoms with Crippen molar-refractivity contribution in [1.82, 2.24) is 25.1 Å². The molecule has 296 valence electrons. The number of carbonyl (C=O) groups is 4. The number of amides is 3. The molecule has 2 heterocycles. The largest absolute Gasteiger partial charge is 0.445 e. The van der Waals surface area contributed by atoms with Crippen LogP contribution in [0.1, 0.15) is 62.4 Å². The molecule has 56 heavy (non-hydrogen) atoms. The SMILES string of the molecule is CC(C)(C)N1CCC[C@@]1(C[C@@H](O)[C@H](Cc1ccccc1)NC(=O)[C@H](Cc1cncn1C(=O)OCc1ccccc1)NC(=O)OCc1ccccc1)C(N)=O.N#N. The molecular weight excluding hydrogens is 716 g/mol. The number of benzene rings is 3. The fraction of sp³-hybridized carbons (Fsp3) is 0.390. The monoisotopic (exact) mass is 766 g/mol. The Bertz CT molecular complexity index is 1900. The molecule has 3 aromatic carbocycles. The fourth-order valence-corrected chi connectivity index (χ4v) is 7.10. The maximum atomic E-state index is 14.3. The minimum Gasteiger partial charge on any atom is -0.445 e. The Balaban J connectivity index is 0.00000342. The maximum absolute atomic E-state index is 14.3. The number of aliphatic hydroxyl groups excluding tert-OH is 1. The second-order valence-corrected chi connectivity index (χ2v) is 14.7. The van der Waals surface area contributed by atoms with E-state index in [2.05, 4.69) is 15.6 Å². The number of imidazole rings is 1. The number of aromatic nitrogens is 2. The van der Waals surface area contributed by atoms with Gasteiger partial charge in [-0.1, -0.05) is 91.0 Å². The van der Waals surface area contributed by atoms with Crippen LogP contribution < -0.4 is 16.4 Å². The van der Waals surface area contributed by atoms with Gasteiger partial charge in [0, 0.05) is 35.4 Å². The molecule has 1 saturated heterocycles. The van der Waals surface area contributed by atoms with Gasteiger partial charge in [-0.05, 0) is 63.3 Å². The van der Waals surface area contributed by atoms with Gasteiger partial charge in [0.05, 0.1) is 17.8 Å². The van der Waals surface area contributed by atoms with Crippen LogP contribution >= 0.6 is 0 Å². The molecule has 0 aliphatic carbocycles. The van der Waals surface area contributed by atoms with Gasteiger partial charge in [-0.25, -0.2) is 19.1 Å². The van der Waals surface area contributed by atoms with E-state index in [1.807, 2.05) is 105 Å². The van der Waals surface area contributed by atoms with Gasteiger partial charge in [0.2, 0.25) is 11.8 Å². The van der Waals surface area contributed by atoms with Gasteiger partial charge in [0.15, 0.2) is 0 Å². The average molecular weight is 767 g/mol. The Kier molecular flexibility index (Phi) is 15.2. The summed E-state index contributed by atoms with van der Waals surface area (Å²) in [5.41, 5.74) is 7.19. The van der Waals surface area contributed by atoms with Gasteiger partial charge in [-0.2, -0.15) is 0 Å². The van der Waals surface area contributed by atoms with Gasteiger partial charge in [-0.15, -0.1) is 0 Å². The van der Waals surface area contributed by atoms with Crippen LogP contribution in [0.15, 0.2) is 104 Å². The van der Waals surface area contributed by atoms with E-state index in [9.17, 15) is 24.3 Å². The first-order valence-corrected chi connectivity index (χ1v) is 18.4. The molecule has 15 nitrogen and oxygen atoms in total. The highest BCUT2D eigenvalue weighted by Gasteiger charge is 2.51. The smallest absolute Gasteiger partial charge is 0.419 e. The van der Waals surface area contributed by atoms with Crippen LogP contribution in [-0.4, -0.2) is 79.4 Å². The molecule has 0 bridgehead atoms. The molecule has 4 aromatic rings. The van der Waals surface area contributed by atoms with Crippen LogP contribution in [-0.2, 0) is 45.1 Å². The van der Waals surface area contributed by atoms with Gasteiger partial charge >= 0.3 is 12.2 Å². The first-order valence-electron chi connectivity index (χ1n) is 18.4. The Hall–Kier alpha value is -6.11. The number of hydrogen-bond acceptors (Lipinski definition) is 11. The number of ether oxygens (including phenoxy) is 2. The normalized spacial score (nSPS) is 17.0. The van der Waals surface area contributed by atoms with Crippen molar-refractivity contribution in [3.05, 3.63) is 126 Å². The third kappa shape index (κ3) is 11.5. The Morgan fingerprint density at radius 1 is 0.857 bits per heavy atom. The Morgan fingerprint density at radius 3 is 1.96 bits per heavy atom. The van der Waals surface area contributed by atoms with Crippen molar-refractivity contribution in [2.75, 3.05) is 6.54 Å². The molecule has 3 amide bonds. The number of likely N-dealkylation sites (tertiary alicyclic amines) is 1. The summed E-state index contributed by atoms with van der Waals surface area (Å²) in [5.74, 6) is -1.18. The van der Waals surface area contributed by atoms with Crippen molar-refractivity contribution in [2.24, 2.45) is 5.73 Å². The third-order valence-electron chi connectivity index (χ3n) is 9.75. The van der Waals surface area contributed by atoms with E-state index < -0.39 is 53.3 Å². The standard InChI is InChI=1S/C41H50N6O7.N2/c1-40(2,3)47-21-13-20-41(47,37(42)50)24-35(48)33(22-29-14-7-4-8-15-29)44-36(49)34(45-38(51)53-26-30-16-9-5-10-17-30)23-32-25-43-28-46(32)39(52)54-27-31-18-11-6-12-19-31;1-2/h4-12,14-19,25,28,33-35,48H,13,20-24,26-27H2,1-3H3,(H2,42,50)(H,44,49)(H,45,51);/t33-,34-,35+,41+;/m0./s1. The Morgan fingerprint density at radius 2 is 1.41 bits per heavy atom. The molecular formula is C41H50N8O7. The summed E-state index contributed by atoms with van der Waals surface area (Å²) in [6.45, 7) is 6.61. The van der Waals surface area contributed by atoms with Crippen LogP contribution in [0, 0.1) is 10.8 Å². The van der Waals surface area contributed by atoms with E-state index in [1.54, 1.807) is 12.1 Å². The van der Waals surface area contributed by atoms with Crippen molar-refractivity contribution >= 4 is 24.0 Å². The molecule has 0 radical (unpaired) electrons. The van der Waals surface area contributed by atoms with E-state index >= 15 is 0 Å². The lowest BCUT2D eigenvalue weighted by molar-refractivity contribution is -0.135. The molecule has 0 saturated carbocycles. The second kappa shape index (κ2) is 20.0. The van der Waals surface area contributed by atoms with Crippen LogP contribution in [0.2, 0.25) is 0 Å². The average Bonchev–Trinajstić information content (AvgIpc) is 3.86. The summed E-state index contributed by atoms with van der Waals surface area (Å²) in [4.78, 5) is 60.0. The predicted molar refractivity (Wildman–Crippen MR) is 205 cm³/mol. The zero-order valence-electron chi connectivity index (χ0n) is 31.9. The first kappa shape index (κ1) is 42.6. The van der Waals surface area contributed by atoms with Gasteiger partial charge in [-0.3, -0.25) is 14.5 Å². The summed E-state index contributed by atoms with van der Waals surface area (Å²) in [7, 11) is 0. The van der Waals surface area contributed by atoms with Gasteiger partial charge < -0.3 is 30.9 Å². The number of nitrogens with two attached hydrogens (primary N) is 1. The lowest BCUT2D eigenvalue weighted by atomic mass is 9.82. The minimum atomic E-state index is -1.28. The quantitative estimate of drug-likeness (QED) is 0.123. The van der Waals surface area contributed by atoms with Crippen molar-refractivity contribution in [1.29, 1.82) is 10.8 Å². The first-order chi connectivity index (χ1) is 26.9. The van der Waals surface area contributed by atoms with E-state index in [4.69, 9.17) is 26.0 Å². The molecule has 4 atom stereocenters. The van der Waals surface area contributed by atoms with E-state index in [-0.39, 0.29) is 38.2 Å². The summed E-state index contributed by atoms with van der Waals surface area (Å²) in [6, 6.07) is 25.4. The second-order valence-electron chi connectivity index (χ2n) is 14.7. The van der Waals surface area contributed by atoms with E-state index in [1.165, 1.54) is 17.1 Å². The van der Waals surface area contributed by atoms with E-state index in [0.29, 0.717) is 13.0 Å². The summed E-state index contributed by atoms with van der Waals surface area (Å²) >= 11 is 0. The summed E-state index contributed by atoms with van der Waals surface area (Å²) in [6.07, 6.45) is 1.10. The number of nitrogens with one attached hydrogen (secondary N) is 2. The van der Waals surface area contributed by atoms with E-state index in [0.717, 1.165) is 23.1 Å². The van der Waals surface area contributed by atoms with Crippen molar-refractivity contribution in [2.45, 2.75) is 95.4 Å². The minimum absolute atomic E-state index is 0.0176. The van der Waals surface area contributed by atoms with Crippen molar-refractivity contribution < 1.29 is 33.8 Å². The summed E-state index contributed by atoms with van der Waals surface area (Å²) in [5, 5.41) is 29.6. The van der Waals surface area contributed by atoms with Crippen LogP contribution in [0.3, 0.4) is 0 Å². The predicted octanol–water partition coefficient (Wildman–Crippen LogP) is 4.53. The highest BCUT2D eigenvalue weighted by molar-refractivity contribution is 5.87. The zero-order chi connectivity index (χ0) is 40.7. The van der Waals surface area contributed by atoms with Gasteiger partial charge in [0.25, 0.3) is 0 Å². The lowest BCUT2D eigenvalue weighted by Gasteiger charge is -2.46. The van der Waals surface area contributed by atoms with Crippen LogP contribution in [0.4, 0.5) is 9.59 Å². The van der Waals surface area contributed by atoms with Crippen LogP contribution in [0.25, 0.3) is 0 Å². The topological polar surface area (TPSA) is 226 Å². The Labute approximate surface area is 326 Å². The molecule has 15 heteroatoms. The van der Waals surface area contributed by atoms with Crippen LogP contribution in [0.5, 0.6) is 0 Å². The van der Waals surface area contributed by atoms with Crippen molar-refractivity contribution in [3.63, 3.8) is 0 Å².